The van der Waals surface area contributed by atoms with Gasteiger partial charge >= 0.3 is 6.18 Å². The van der Waals surface area contributed by atoms with Crippen molar-refractivity contribution in [3.05, 3.63) is 24.0 Å². The fourth-order valence-corrected chi connectivity index (χ4v) is 5.18. The van der Waals surface area contributed by atoms with Crippen LogP contribution in [-0.2, 0) is 4.79 Å². The van der Waals surface area contributed by atoms with Crippen LogP contribution in [0.15, 0.2) is 18.5 Å². The smallest absolute Gasteiger partial charge is 0.376 e. The number of pyridine rings is 1. The highest BCUT2D eigenvalue weighted by Gasteiger charge is 2.47. The molecular weight excluding hydrogens is 461 g/mol. The highest BCUT2D eigenvalue weighted by molar-refractivity contribution is 6.02. The Labute approximate surface area is 200 Å². The number of carbonyl (C=O) groups is 1. The maximum Gasteiger partial charge on any atom is 0.405 e. The summed E-state index contributed by atoms with van der Waals surface area (Å²) in [5.41, 5.74) is 1.88. The number of anilines is 2. The molecule has 0 unspecified atom stereocenters. The second-order valence-electron chi connectivity index (χ2n) is 9.78. The van der Waals surface area contributed by atoms with E-state index in [1.54, 1.807) is 4.90 Å². The van der Waals surface area contributed by atoms with Gasteiger partial charge in [0.05, 0.1) is 23.1 Å². The zero-order valence-corrected chi connectivity index (χ0v) is 19.3. The number of amidine groups is 1. The van der Waals surface area contributed by atoms with Crippen LogP contribution in [-0.4, -0.2) is 70.7 Å². The van der Waals surface area contributed by atoms with E-state index in [2.05, 4.69) is 31.1 Å². The van der Waals surface area contributed by atoms with Gasteiger partial charge in [-0.3, -0.25) is 20.3 Å². The molecule has 1 aliphatic carbocycles. The SMILES string of the molecule is N=C(c1cnc(-c2[nH]ncc2NC(=O)C2CC3(CCNCC3)C2)cc1NCC(F)(F)F)N1CCC1. The summed E-state index contributed by atoms with van der Waals surface area (Å²) < 4.78 is 38.8. The summed E-state index contributed by atoms with van der Waals surface area (Å²) in [7, 11) is 0. The number of piperidine rings is 1. The third kappa shape index (κ3) is 4.97. The lowest BCUT2D eigenvalue weighted by Gasteiger charge is -2.49. The number of nitrogens with one attached hydrogen (secondary N) is 5. The van der Waals surface area contributed by atoms with Crippen molar-refractivity contribution >= 4 is 23.1 Å². The number of alkyl halides is 3. The monoisotopic (exact) mass is 490 g/mol. The van der Waals surface area contributed by atoms with Gasteiger partial charge in [0.1, 0.15) is 18.1 Å². The Morgan fingerprint density at radius 1 is 1.20 bits per heavy atom. The average molecular weight is 491 g/mol. The molecule has 188 valence electrons. The molecule has 4 heterocycles. The Kier molecular flexibility index (Phi) is 6.16. The second-order valence-corrected chi connectivity index (χ2v) is 9.78. The summed E-state index contributed by atoms with van der Waals surface area (Å²) in [5.74, 6) is -0.00876. The minimum absolute atomic E-state index is 0.0628. The van der Waals surface area contributed by atoms with Gasteiger partial charge in [-0.1, -0.05) is 0 Å². The number of carbonyl (C=O) groups excluding carboxylic acids is 1. The van der Waals surface area contributed by atoms with E-state index in [1.165, 1.54) is 18.5 Å². The van der Waals surface area contributed by atoms with Crippen molar-refractivity contribution in [2.24, 2.45) is 11.3 Å². The highest BCUT2D eigenvalue weighted by atomic mass is 19.4. The molecule has 0 bridgehead atoms. The predicted octanol–water partition coefficient (Wildman–Crippen LogP) is 3.20. The molecule has 1 amide bonds. The van der Waals surface area contributed by atoms with Gasteiger partial charge in [-0.05, 0) is 56.7 Å². The molecule has 0 atom stereocenters. The van der Waals surface area contributed by atoms with Crippen LogP contribution in [0, 0.1) is 16.7 Å². The van der Waals surface area contributed by atoms with Crippen LogP contribution >= 0.6 is 0 Å². The van der Waals surface area contributed by atoms with Crippen LogP contribution in [0.3, 0.4) is 0 Å². The number of rotatable bonds is 6. The number of amides is 1. The van der Waals surface area contributed by atoms with Gasteiger partial charge in [0.15, 0.2) is 0 Å². The van der Waals surface area contributed by atoms with E-state index in [0.29, 0.717) is 35.7 Å². The van der Waals surface area contributed by atoms with E-state index in [4.69, 9.17) is 5.41 Å². The molecule has 5 N–H and O–H groups in total. The molecule has 35 heavy (non-hydrogen) atoms. The summed E-state index contributed by atoms with van der Waals surface area (Å²) in [6.07, 6.45) is 3.31. The summed E-state index contributed by atoms with van der Waals surface area (Å²) in [6, 6.07) is 1.46. The molecule has 1 spiro atoms. The maximum atomic E-state index is 12.9. The fourth-order valence-electron chi connectivity index (χ4n) is 5.18. The lowest BCUT2D eigenvalue weighted by Crippen LogP contribution is -2.48. The van der Waals surface area contributed by atoms with Gasteiger partial charge in [0.2, 0.25) is 5.91 Å². The normalized spacial score (nSPS) is 19.7. The molecule has 2 aromatic rings. The largest absolute Gasteiger partial charge is 0.405 e. The van der Waals surface area contributed by atoms with E-state index >= 15 is 0 Å². The summed E-state index contributed by atoms with van der Waals surface area (Å²) in [6.45, 7) is 2.12. The topological polar surface area (TPSA) is 122 Å². The third-order valence-corrected chi connectivity index (χ3v) is 7.36. The number of halogens is 3. The van der Waals surface area contributed by atoms with Crippen LogP contribution < -0.4 is 16.0 Å². The molecule has 3 fully saturated rings. The predicted molar refractivity (Wildman–Crippen MR) is 125 cm³/mol. The number of aromatic amines is 1. The van der Waals surface area contributed by atoms with Gasteiger partial charge in [0, 0.05) is 30.9 Å². The molecular formula is C23H29F3N8O. The molecule has 1 saturated carbocycles. The number of nitrogens with zero attached hydrogens (tertiary/aromatic N) is 3. The van der Waals surface area contributed by atoms with Gasteiger partial charge in [0.25, 0.3) is 0 Å². The zero-order chi connectivity index (χ0) is 24.6. The molecule has 0 aromatic carbocycles. The number of hydrogen-bond donors (Lipinski definition) is 5. The molecule has 3 aliphatic rings. The number of likely N-dealkylation sites (tertiary alicyclic amines) is 1. The third-order valence-electron chi connectivity index (χ3n) is 7.36. The molecule has 12 heteroatoms. The average Bonchev–Trinajstić information content (AvgIpc) is 3.22. The summed E-state index contributed by atoms with van der Waals surface area (Å²) in [4.78, 5) is 19.0. The minimum Gasteiger partial charge on any atom is -0.376 e. The Morgan fingerprint density at radius 2 is 1.94 bits per heavy atom. The van der Waals surface area contributed by atoms with E-state index in [9.17, 15) is 18.0 Å². The van der Waals surface area contributed by atoms with Gasteiger partial charge in [-0.15, -0.1) is 0 Å². The molecule has 9 nitrogen and oxygen atoms in total. The maximum absolute atomic E-state index is 12.9. The Balaban J connectivity index is 1.33. The van der Waals surface area contributed by atoms with Crippen LogP contribution in [0.5, 0.6) is 0 Å². The molecule has 2 saturated heterocycles. The first kappa shape index (κ1) is 23.6. The van der Waals surface area contributed by atoms with Crippen molar-refractivity contribution < 1.29 is 18.0 Å². The van der Waals surface area contributed by atoms with E-state index in [1.807, 2.05) is 0 Å². The molecule has 5 rings (SSSR count). The quantitative estimate of drug-likeness (QED) is 0.313. The summed E-state index contributed by atoms with van der Waals surface area (Å²) >= 11 is 0. The lowest BCUT2D eigenvalue weighted by molar-refractivity contribution is -0.128. The summed E-state index contributed by atoms with van der Waals surface area (Å²) in [5, 5.41) is 23.9. The standard InChI is InChI=1S/C23H29F3N8O/c24-23(25,26)13-30-16-8-17(29-11-15(16)20(27)34-6-1-7-34)19-18(12-31-33-19)32-21(35)14-9-22(10-14)2-4-28-5-3-22/h8,11-12,14,27-28H,1-7,9-10,13H2,(H,29,30)(H,31,33)(H,32,35). The van der Waals surface area contributed by atoms with Crippen LogP contribution in [0.4, 0.5) is 24.5 Å². The number of aromatic nitrogens is 3. The Morgan fingerprint density at radius 3 is 2.60 bits per heavy atom. The van der Waals surface area contributed by atoms with E-state index < -0.39 is 12.7 Å². The molecule has 2 aromatic heterocycles. The first-order valence-electron chi connectivity index (χ1n) is 11.9. The van der Waals surface area contributed by atoms with Crippen molar-refractivity contribution in [3.8, 4) is 11.4 Å². The van der Waals surface area contributed by atoms with E-state index in [0.717, 1.165) is 45.2 Å². The van der Waals surface area contributed by atoms with Gasteiger partial charge in [-0.2, -0.15) is 18.3 Å². The van der Waals surface area contributed by atoms with Crippen molar-refractivity contribution in [1.82, 2.24) is 25.4 Å². The highest BCUT2D eigenvalue weighted by Crippen LogP contribution is 2.52. The van der Waals surface area contributed by atoms with Crippen LogP contribution in [0.2, 0.25) is 0 Å². The van der Waals surface area contributed by atoms with Gasteiger partial charge < -0.3 is 20.9 Å². The zero-order valence-electron chi connectivity index (χ0n) is 19.3. The Hall–Kier alpha value is -3.15. The van der Waals surface area contributed by atoms with E-state index in [-0.39, 0.29) is 28.8 Å². The van der Waals surface area contributed by atoms with Crippen LogP contribution in [0.25, 0.3) is 11.4 Å². The van der Waals surface area contributed by atoms with Crippen LogP contribution in [0.1, 0.15) is 37.7 Å². The first-order valence-corrected chi connectivity index (χ1v) is 11.9. The van der Waals surface area contributed by atoms with Gasteiger partial charge in [-0.25, -0.2) is 0 Å². The fraction of sp³-hybridized carbons (Fsp3) is 0.565. The first-order chi connectivity index (χ1) is 16.7. The molecule has 0 radical (unpaired) electrons. The minimum atomic E-state index is -4.42. The van der Waals surface area contributed by atoms with Crippen molar-refractivity contribution in [2.75, 3.05) is 43.4 Å². The van der Waals surface area contributed by atoms with Crippen molar-refractivity contribution in [2.45, 2.75) is 38.3 Å². The molecule has 2 aliphatic heterocycles. The Bertz CT molecular complexity index is 1100. The van der Waals surface area contributed by atoms with Crippen molar-refractivity contribution in [3.63, 3.8) is 0 Å². The van der Waals surface area contributed by atoms with Crippen molar-refractivity contribution in [1.29, 1.82) is 5.41 Å². The number of H-pyrrole nitrogens is 1. The second kappa shape index (κ2) is 9.14. The number of hydrogen-bond acceptors (Lipinski definition) is 6. The lowest BCUT2D eigenvalue weighted by atomic mass is 9.57.